The number of carbonyl (C=O) groups is 1. The Labute approximate surface area is 209 Å². The van der Waals surface area contributed by atoms with Crippen molar-refractivity contribution < 1.29 is 18.0 Å². The van der Waals surface area contributed by atoms with Crippen molar-refractivity contribution in [3.05, 3.63) is 113 Å². The smallest absolute Gasteiger partial charge is 0.375 e. The van der Waals surface area contributed by atoms with Crippen molar-refractivity contribution in [3.63, 3.8) is 0 Å². The maximum atomic E-state index is 13.3. The summed E-state index contributed by atoms with van der Waals surface area (Å²) in [7, 11) is 2.06. The number of para-hydroxylation sites is 1. The summed E-state index contributed by atoms with van der Waals surface area (Å²) in [5.74, 6) is -0.191. The van der Waals surface area contributed by atoms with Crippen LogP contribution in [0.4, 0.5) is 18.9 Å². The zero-order valence-electron chi connectivity index (χ0n) is 20.4. The maximum absolute atomic E-state index is 13.3. The van der Waals surface area contributed by atoms with Gasteiger partial charge >= 0.3 is 6.18 Å². The standard InChI is InChI=1S/C30H29F3N2O/c1-22-27(29(36)20-23-11-9-14-25(19-23)30(31,32)33)21-28(24-12-5-3-6-13-24)35(22)18-10-17-34(2)26-15-7-4-8-16-26/h3-9,11-16,19,21H,10,17-18,20H2,1-2H3. The first-order valence-corrected chi connectivity index (χ1v) is 11.9. The molecule has 0 amide bonds. The Kier molecular flexibility index (Phi) is 7.63. The van der Waals surface area contributed by atoms with Crippen molar-refractivity contribution in [2.45, 2.75) is 32.5 Å². The Hall–Kier alpha value is -3.80. The van der Waals surface area contributed by atoms with Crippen LogP contribution >= 0.6 is 0 Å². The van der Waals surface area contributed by atoms with Crippen molar-refractivity contribution in [1.82, 2.24) is 4.57 Å². The predicted octanol–water partition coefficient (Wildman–Crippen LogP) is 7.43. The van der Waals surface area contributed by atoms with Crippen molar-refractivity contribution in [2.75, 3.05) is 18.5 Å². The molecule has 1 aromatic heterocycles. The van der Waals surface area contributed by atoms with Crippen molar-refractivity contribution in [1.29, 1.82) is 0 Å². The Morgan fingerprint density at radius 2 is 1.56 bits per heavy atom. The molecule has 6 heteroatoms. The number of anilines is 1. The van der Waals surface area contributed by atoms with Crippen LogP contribution in [-0.2, 0) is 19.1 Å². The summed E-state index contributed by atoms with van der Waals surface area (Å²) >= 11 is 0. The lowest BCUT2D eigenvalue weighted by Gasteiger charge is -2.20. The van der Waals surface area contributed by atoms with E-state index >= 15 is 0 Å². The van der Waals surface area contributed by atoms with Crippen molar-refractivity contribution >= 4 is 11.5 Å². The molecule has 0 aliphatic rings. The molecule has 1 heterocycles. The first-order chi connectivity index (χ1) is 17.2. The summed E-state index contributed by atoms with van der Waals surface area (Å²) in [5.41, 5.74) is 4.05. The number of Topliss-reactive ketones (excluding diaryl/α,β-unsaturated/α-hetero) is 1. The zero-order chi connectivity index (χ0) is 25.7. The van der Waals surface area contributed by atoms with E-state index in [1.54, 1.807) is 6.07 Å². The molecular weight excluding hydrogens is 461 g/mol. The first kappa shape index (κ1) is 25.3. The zero-order valence-corrected chi connectivity index (χ0v) is 20.4. The molecule has 0 bridgehead atoms. The molecule has 0 atom stereocenters. The summed E-state index contributed by atoms with van der Waals surface area (Å²) in [6, 6.07) is 26.9. The minimum atomic E-state index is -4.44. The van der Waals surface area contributed by atoms with Crippen molar-refractivity contribution in [3.8, 4) is 11.3 Å². The van der Waals surface area contributed by atoms with E-state index in [2.05, 4.69) is 28.6 Å². The van der Waals surface area contributed by atoms with Gasteiger partial charge in [0.15, 0.2) is 5.78 Å². The molecule has 0 radical (unpaired) electrons. The van der Waals surface area contributed by atoms with Crippen LogP contribution in [0.1, 0.15) is 33.6 Å². The van der Waals surface area contributed by atoms with Gasteiger partial charge in [0.1, 0.15) is 0 Å². The van der Waals surface area contributed by atoms with Gasteiger partial charge in [-0.15, -0.1) is 0 Å². The second-order valence-corrected chi connectivity index (χ2v) is 8.96. The monoisotopic (exact) mass is 490 g/mol. The SMILES string of the molecule is Cc1c(C(=O)Cc2cccc(C(F)(F)F)c2)cc(-c2ccccc2)n1CCCN(C)c1ccccc1. The number of nitrogens with zero attached hydrogens (tertiary/aromatic N) is 2. The quantitative estimate of drug-likeness (QED) is 0.228. The first-order valence-electron chi connectivity index (χ1n) is 11.9. The number of hydrogen-bond donors (Lipinski definition) is 0. The van der Waals surface area contributed by atoms with Crippen LogP contribution in [0.3, 0.4) is 0 Å². The van der Waals surface area contributed by atoms with Gasteiger partial charge in [-0.3, -0.25) is 4.79 Å². The summed E-state index contributed by atoms with van der Waals surface area (Å²) in [6.45, 7) is 3.46. The van der Waals surface area contributed by atoms with E-state index in [9.17, 15) is 18.0 Å². The third-order valence-corrected chi connectivity index (χ3v) is 6.43. The second-order valence-electron chi connectivity index (χ2n) is 8.96. The fraction of sp³-hybridized carbons (Fsp3) is 0.233. The number of ketones is 1. The van der Waals surface area contributed by atoms with E-state index < -0.39 is 11.7 Å². The molecule has 186 valence electrons. The Bertz CT molecular complexity index is 1310. The number of aromatic nitrogens is 1. The third-order valence-electron chi connectivity index (χ3n) is 6.43. The molecule has 3 nitrogen and oxygen atoms in total. The van der Waals surface area contributed by atoms with Gasteiger partial charge in [-0.25, -0.2) is 0 Å². The van der Waals surface area contributed by atoms with Gasteiger partial charge in [0.25, 0.3) is 0 Å². The van der Waals surface area contributed by atoms with Crippen LogP contribution in [0.5, 0.6) is 0 Å². The normalized spacial score (nSPS) is 11.5. The maximum Gasteiger partial charge on any atom is 0.416 e. The van der Waals surface area contributed by atoms with E-state index in [1.165, 1.54) is 6.07 Å². The highest BCUT2D eigenvalue weighted by Gasteiger charge is 2.30. The third kappa shape index (κ3) is 5.88. The highest BCUT2D eigenvalue weighted by molar-refractivity contribution is 6.00. The van der Waals surface area contributed by atoms with Crippen LogP contribution in [-0.4, -0.2) is 23.9 Å². The number of rotatable bonds is 9. The molecule has 0 N–H and O–H groups in total. The molecule has 36 heavy (non-hydrogen) atoms. The van der Waals surface area contributed by atoms with Gasteiger partial charge in [-0.2, -0.15) is 13.2 Å². The van der Waals surface area contributed by atoms with Crippen LogP contribution in [0.15, 0.2) is 91.0 Å². The lowest BCUT2D eigenvalue weighted by molar-refractivity contribution is -0.137. The van der Waals surface area contributed by atoms with Gasteiger partial charge in [0.2, 0.25) is 0 Å². The van der Waals surface area contributed by atoms with Gasteiger partial charge < -0.3 is 9.47 Å². The van der Waals surface area contributed by atoms with Crippen LogP contribution in [0.2, 0.25) is 0 Å². The van der Waals surface area contributed by atoms with Gasteiger partial charge in [-0.1, -0.05) is 66.7 Å². The summed E-state index contributed by atoms with van der Waals surface area (Å²) in [6.07, 6.45) is -3.66. The van der Waals surface area contributed by atoms with Gasteiger partial charge in [0, 0.05) is 49.2 Å². The molecule has 4 aromatic rings. The molecule has 0 saturated carbocycles. The number of halogens is 3. The molecule has 4 rings (SSSR count). The number of benzene rings is 3. The van der Waals surface area contributed by atoms with E-state index in [0.29, 0.717) is 17.7 Å². The minimum absolute atomic E-state index is 0.0836. The lowest BCUT2D eigenvalue weighted by atomic mass is 10.0. The largest absolute Gasteiger partial charge is 0.416 e. The fourth-order valence-electron chi connectivity index (χ4n) is 4.48. The second kappa shape index (κ2) is 10.9. The predicted molar refractivity (Wildman–Crippen MR) is 138 cm³/mol. The average molecular weight is 491 g/mol. The molecule has 0 spiro atoms. The number of hydrogen-bond acceptors (Lipinski definition) is 2. The van der Waals surface area contributed by atoms with Gasteiger partial charge in [0.05, 0.1) is 5.56 Å². The minimum Gasteiger partial charge on any atom is -0.375 e. The van der Waals surface area contributed by atoms with Crippen LogP contribution in [0, 0.1) is 6.92 Å². The average Bonchev–Trinajstić information content (AvgIpc) is 3.21. The highest BCUT2D eigenvalue weighted by Crippen LogP contribution is 2.31. The van der Waals surface area contributed by atoms with E-state index in [1.807, 2.05) is 61.5 Å². The summed E-state index contributed by atoms with van der Waals surface area (Å²) in [5, 5.41) is 0. The molecule has 0 saturated heterocycles. The van der Waals surface area contributed by atoms with Gasteiger partial charge in [-0.05, 0) is 48.7 Å². The molecule has 0 fully saturated rings. The van der Waals surface area contributed by atoms with Crippen LogP contribution < -0.4 is 4.90 Å². The topological polar surface area (TPSA) is 25.2 Å². The number of alkyl halides is 3. The summed E-state index contributed by atoms with van der Waals surface area (Å²) < 4.78 is 41.5. The van der Waals surface area contributed by atoms with Crippen molar-refractivity contribution in [2.24, 2.45) is 0 Å². The Balaban J connectivity index is 1.57. The Morgan fingerprint density at radius 3 is 2.22 bits per heavy atom. The van der Waals surface area contributed by atoms with E-state index in [-0.39, 0.29) is 12.2 Å². The molecule has 0 unspecified atom stereocenters. The van der Waals surface area contributed by atoms with E-state index in [0.717, 1.165) is 47.7 Å². The fourth-order valence-corrected chi connectivity index (χ4v) is 4.48. The molecule has 3 aromatic carbocycles. The molecule has 0 aliphatic heterocycles. The summed E-state index contributed by atoms with van der Waals surface area (Å²) in [4.78, 5) is 15.5. The van der Waals surface area contributed by atoms with E-state index in [4.69, 9.17) is 0 Å². The molecular formula is C30H29F3N2O. The number of carbonyl (C=O) groups excluding carboxylic acids is 1. The lowest BCUT2D eigenvalue weighted by Crippen LogP contribution is -2.20. The molecule has 0 aliphatic carbocycles. The van der Waals surface area contributed by atoms with Crippen LogP contribution in [0.25, 0.3) is 11.3 Å². The highest BCUT2D eigenvalue weighted by atomic mass is 19.4. The Morgan fingerprint density at radius 1 is 0.889 bits per heavy atom.